The maximum Gasteiger partial charge on any atom is 0.232 e. The van der Waals surface area contributed by atoms with E-state index in [9.17, 15) is 9.90 Å². The first-order valence-corrected chi connectivity index (χ1v) is 10.5. The summed E-state index contributed by atoms with van der Waals surface area (Å²) >= 11 is 3.51. The third-order valence-electron chi connectivity index (χ3n) is 5.54. The molecule has 2 aromatic carbocycles. The Labute approximate surface area is 173 Å². The number of carbonyl (C=O) groups is 1. The number of aromatic hydroxyl groups is 1. The molecule has 1 N–H and O–H groups in total. The minimum absolute atomic E-state index is 0.128. The molecule has 0 amide bonds. The van der Waals surface area contributed by atoms with Gasteiger partial charge in [-0.3, -0.25) is 9.69 Å². The molecule has 1 fully saturated rings. The van der Waals surface area contributed by atoms with Gasteiger partial charge in [-0.05, 0) is 61.6 Å². The molecule has 1 unspecified atom stereocenters. The number of ketones is 1. The number of hydrogen-bond donors (Lipinski definition) is 1. The molecular formula is C23H24BrNO3. The number of rotatable bonds is 3. The smallest absolute Gasteiger partial charge is 0.232 e. The lowest BCUT2D eigenvalue weighted by Gasteiger charge is -2.31. The Balaban J connectivity index is 1.71. The van der Waals surface area contributed by atoms with Crippen LogP contribution in [0.25, 0.3) is 6.08 Å². The molecule has 2 aliphatic rings. The molecule has 4 nitrogen and oxygen atoms in total. The van der Waals surface area contributed by atoms with E-state index in [0.717, 1.165) is 35.1 Å². The van der Waals surface area contributed by atoms with Crippen molar-refractivity contribution in [2.75, 3.05) is 13.1 Å². The van der Waals surface area contributed by atoms with E-state index in [1.165, 1.54) is 6.42 Å². The number of piperidine rings is 1. The first-order chi connectivity index (χ1) is 13.4. The molecule has 5 heteroatoms. The SMILES string of the molecule is Cc1cc(O)c(CN2CCCC(C)C2)c2c1C(=O)/C(=C\c1ccccc1Br)O2. The Morgan fingerprint density at radius 3 is 2.89 bits per heavy atom. The molecule has 28 heavy (non-hydrogen) atoms. The van der Waals surface area contributed by atoms with Crippen LogP contribution in [0.2, 0.25) is 0 Å². The van der Waals surface area contributed by atoms with Gasteiger partial charge in [0, 0.05) is 17.6 Å². The maximum atomic E-state index is 13.0. The number of phenols is 1. The van der Waals surface area contributed by atoms with Crippen molar-refractivity contribution in [3.63, 3.8) is 0 Å². The normalized spacial score (nSPS) is 21.0. The second-order valence-corrected chi connectivity index (χ2v) is 8.69. The van der Waals surface area contributed by atoms with Crippen molar-refractivity contribution in [1.29, 1.82) is 0 Å². The molecule has 0 radical (unpaired) electrons. The average molecular weight is 442 g/mol. The van der Waals surface area contributed by atoms with Crippen LogP contribution in [0.1, 0.15) is 46.8 Å². The molecular weight excluding hydrogens is 418 g/mol. The van der Waals surface area contributed by atoms with Crippen LogP contribution < -0.4 is 4.74 Å². The quantitative estimate of drug-likeness (QED) is 0.655. The fourth-order valence-corrected chi connectivity index (χ4v) is 4.52. The average Bonchev–Trinajstić information content (AvgIpc) is 2.97. The molecule has 146 valence electrons. The second kappa shape index (κ2) is 7.72. The van der Waals surface area contributed by atoms with Gasteiger partial charge in [0.05, 0.1) is 11.1 Å². The van der Waals surface area contributed by atoms with Gasteiger partial charge in [-0.25, -0.2) is 0 Å². The van der Waals surface area contributed by atoms with Crippen molar-refractivity contribution in [3.05, 3.63) is 62.8 Å². The van der Waals surface area contributed by atoms with Crippen LogP contribution in [0, 0.1) is 12.8 Å². The van der Waals surface area contributed by atoms with E-state index >= 15 is 0 Å². The van der Waals surface area contributed by atoms with Crippen molar-refractivity contribution in [1.82, 2.24) is 4.90 Å². The first kappa shape index (κ1) is 19.2. The van der Waals surface area contributed by atoms with Crippen LogP contribution in [0.4, 0.5) is 0 Å². The highest BCUT2D eigenvalue weighted by Gasteiger charge is 2.34. The summed E-state index contributed by atoms with van der Waals surface area (Å²) in [7, 11) is 0. The van der Waals surface area contributed by atoms with Gasteiger partial charge in [-0.15, -0.1) is 0 Å². The van der Waals surface area contributed by atoms with Crippen molar-refractivity contribution < 1.29 is 14.6 Å². The minimum atomic E-state index is -0.128. The topological polar surface area (TPSA) is 49.8 Å². The molecule has 4 rings (SSSR count). The molecule has 1 saturated heterocycles. The predicted octanol–water partition coefficient (Wildman–Crippen LogP) is 5.31. The molecule has 2 aliphatic heterocycles. The zero-order valence-electron chi connectivity index (χ0n) is 16.2. The Morgan fingerprint density at radius 2 is 2.14 bits per heavy atom. The third-order valence-corrected chi connectivity index (χ3v) is 6.26. The lowest BCUT2D eigenvalue weighted by atomic mass is 9.97. The monoisotopic (exact) mass is 441 g/mol. The highest BCUT2D eigenvalue weighted by molar-refractivity contribution is 9.10. The van der Waals surface area contributed by atoms with Gasteiger partial charge in [0.15, 0.2) is 5.76 Å². The Bertz CT molecular complexity index is 967. The van der Waals surface area contributed by atoms with E-state index in [1.54, 1.807) is 12.1 Å². The summed E-state index contributed by atoms with van der Waals surface area (Å²) < 4.78 is 6.94. The van der Waals surface area contributed by atoms with Crippen molar-refractivity contribution in [2.24, 2.45) is 5.92 Å². The number of benzene rings is 2. The number of fused-ring (bicyclic) bond motifs is 1. The van der Waals surface area contributed by atoms with Crippen molar-refractivity contribution in [2.45, 2.75) is 33.2 Å². The van der Waals surface area contributed by atoms with Gasteiger partial charge < -0.3 is 9.84 Å². The van der Waals surface area contributed by atoms with Crippen LogP contribution in [0.5, 0.6) is 11.5 Å². The number of nitrogens with zero attached hydrogens (tertiary/aromatic N) is 1. The molecule has 0 spiro atoms. The Kier molecular flexibility index (Phi) is 5.30. The number of aryl methyl sites for hydroxylation is 1. The first-order valence-electron chi connectivity index (χ1n) is 9.70. The van der Waals surface area contributed by atoms with Gasteiger partial charge in [0.1, 0.15) is 11.5 Å². The molecule has 0 saturated carbocycles. The summed E-state index contributed by atoms with van der Waals surface area (Å²) in [6.07, 6.45) is 4.15. The van der Waals surface area contributed by atoms with Gasteiger partial charge in [-0.2, -0.15) is 0 Å². The fraction of sp³-hybridized carbons (Fsp3) is 0.348. The van der Waals surface area contributed by atoms with Crippen LogP contribution in [0.15, 0.2) is 40.6 Å². The highest BCUT2D eigenvalue weighted by atomic mass is 79.9. The summed E-state index contributed by atoms with van der Waals surface area (Å²) in [4.78, 5) is 15.4. The number of phenolic OH excluding ortho intramolecular Hbond substituents is 1. The van der Waals surface area contributed by atoms with Gasteiger partial charge >= 0.3 is 0 Å². The third kappa shape index (κ3) is 3.61. The second-order valence-electron chi connectivity index (χ2n) is 7.84. The molecule has 2 aromatic rings. The van der Waals surface area contributed by atoms with E-state index in [-0.39, 0.29) is 11.5 Å². The number of Topliss-reactive ketones (excluding diaryl/α,β-unsaturated/α-hetero) is 1. The van der Waals surface area contributed by atoms with Crippen LogP contribution >= 0.6 is 15.9 Å². The molecule has 0 aromatic heterocycles. The largest absolute Gasteiger partial charge is 0.507 e. The number of hydrogen-bond acceptors (Lipinski definition) is 4. The van der Waals surface area contributed by atoms with Gasteiger partial charge in [-0.1, -0.05) is 41.1 Å². The number of carbonyl (C=O) groups excluding carboxylic acids is 1. The van der Waals surface area contributed by atoms with E-state index in [4.69, 9.17) is 4.74 Å². The lowest BCUT2D eigenvalue weighted by molar-refractivity contribution is 0.101. The summed E-state index contributed by atoms with van der Waals surface area (Å²) in [5, 5.41) is 10.6. The summed E-state index contributed by atoms with van der Waals surface area (Å²) in [6, 6.07) is 9.39. The van der Waals surface area contributed by atoms with Crippen molar-refractivity contribution in [3.8, 4) is 11.5 Å². The lowest BCUT2D eigenvalue weighted by Crippen LogP contribution is -2.33. The highest BCUT2D eigenvalue weighted by Crippen LogP contribution is 2.42. The predicted molar refractivity (Wildman–Crippen MR) is 114 cm³/mol. The van der Waals surface area contributed by atoms with E-state index < -0.39 is 0 Å². The standard InChI is InChI=1S/C23H24BrNO3/c1-14-6-5-9-25(12-14)13-17-19(26)10-15(2)21-22(27)20(28-23(17)21)11-16-7-3-4-8-18(16)24/h3-4,7-8,10-11,14,26H,5-6,9,12-13H2,1-2H3/b20-11+. The zero-order chi connectivity index (χ0) is 19.8. The van der Waals surface area contributed by atoms with E-state index in [2.05, 4.69) is 27.8 Å². The number of likely N-dealkylation sites (tertiary alicyclic amines) is 1. The van der Waals surface area contributed by atoms with Crippen molar-refractivity contribution >= 4 is 27.8 Å². The van der Waals surface area contributed by atoms with Crippen LogP contribution in [0.3, 0.4) is 0 Å². The van der Waals surface area contributed by atoms with E-state index in [1.807, 2.05) is 31.2 Å². The van der Waals surface area contributed by atoms with Gasteiger partial charge in [0.2, 0.25) is 5.78 Å². The molecule has 2 heterocycles. The van der Waals surface area contributed by atoms with E-state index in [0.29, 0.717) is 35.1 Å². The van der Waals surface area contributed by atoms with Crippen LogP contribution in [-0.2, 0) is 6.54 Å². The van der Waals surface area contributed by atoms with Gasteiger partial charge in [0.25, 0.3) is 0 Å². The molecule has 0 aliphatic carbocycles. The maximum absolute atomic E-state index is 13.0. The Hall–Kier alpha value is -2.11. The fourth-order valence-electron chi connectivity index (χ4n) is 4.12. The summed E-state index contributed by atoms with van der Waals surface area (Å²) in [5.41, 5.74) is 2.89. The Morgan fingerprint density at radius 1 is 1.36 bits per heavy atom. The summed E-state index contributed by atoms with van der Waals surface area (Å²) in [6.45, 7) is 6.68. The van der Waals surface area contributed by atoms with Crippen LogP contribution in [-0.4, -0.2) is 28.9 Å². The summed E-state index contributed by atoms with van der Waals surface area (Å²) in [5.74, 6) is 1.52. The zero-order valence-corrected chi connectivity index (χ0v) is 17.8. The minimum Gasteiger partial charge on any atom is -0.507 e. The number of halogens is 1. The molecule has 0 bridgehead atoms. The number of allylic oxidation sites excluding steroid dienone is 1. The molecule has 1 atom stereocenters. The number of ether oxygens (including phenoxy) is 1.